The van der Waals surface area contributed by atoms with E-state index in [4.69, 9.17) is 10.5 Å². The molecule has 0 aliphatic carbocycles. The fourth-order valence-electron chi connectivity index (χ4n) is 4.63. The first-order valence-corrected chi connectivity index (χ1v) is 9.49. The number of nitrogen functional groups attached to an aromatic ring is 1. The van der Waals surface area contributed by atoms with E-state index in [0.29, 0.717) is 24.5 Å². The Hall–Kier alpha value is -2.15. The summed E-state index contributed by atoms with van der Waals surface area (Å²) in [7, 11) is 0. The normalized spacial score (nSPS) is 27.3. The van der Waals surface area contributed by atoms with E-state index in [1.165, 1.54) is 0 Å². The van der Waals surface area contributed by atoms with Gasteiger partial charge in [0.2, 0.25) is 5.91 Å². The van der Waals surface area contributed by atoms with Crippen LogP contribution >= 0.6 is 0 Å². The molecule has 7 heteroatoms. The van der Waals surface area contributed by atoms with Crippen molar-refractivity contribution >= 4 is 17.6 Å². The molecule has 4 rings (SSSR count). The minimum absolute atomic E-state index is 0.0630. The molecule has 1 aromatic rings. The maximum atomic E-state index is 13.3. The van der Waals surface area contributed by atoms with Crippen LogP contribution in [0.5, 0.6) is 0 Å². The standard InChI is InChI=1S/C19H26N4O3/c20-16-12-14(2-7-21-16)17(24)22-9-6-19(13-22)5-1-8-23(18(19)25)15-3-10-26-11-4-15/h2,7,12,15H,1,3-6,8-11,13H2,(H2,20,21)/t19-/m1/s1. The molecule has 2 N–H and O–H groups in total. The highest BCUT2D eigenvalue weighted by molar-refractivity contribution is 5.96. The Balaban J connectivity index is 1.49. The van der Waals surface area contributed by atoms with E-state index < -0.39 is 5.41 Å². The highest BCUT2D eigenvalue weighted by Crippen LogP contribution is 2.41. The van der Waals surface area contributed by atoms with Crippen LogP contribution < -0.4 is 5.73 Å². The molecule has 26 heavy (non-hydrogen) atoms. The Morgan fingerprint density at radius 3 is 2.85 bits per heavy atom. The Morgan fingerprint density at radius 2 is 2.08 bits per heavy atom. The van der Waals surface area contributed by atoms with E-state index in [9.17, 15) is 9.59 Å². The second-order valence-electron chi connectivity index (χ2n) is 7.67. The van der Waals surface area contributed by atoms with Gasteiger partial charge in [-0.1, -0.05) is 0 Å². The number of anilines is 1. The van der Waals surface area contributed by atoms with Gasteiger partial charge in [0.1, 0.15) is 5.82 Å². The molecule has 3 saturated heterocycles. The Morgan fingerprint density at radius 1 is 1.27 bits per heavy atom. The first-order chi connectivity index (χ1) is 12.6. The van der Waals surface area contributed by atoms with Crippen molar-refractivity contribution < 1.29 is 14.3 Å². The number of hydrogen-bond acceptors (Lipinski definition) is 5. The van der Waals surface area contributed by atoms with Gasteiger partial charge in [-0.2, -0.15) is 0 Å². The molecule has 4 heterocycles. The van der Waals surface area contributed by atoms with Crippen LogP contribution in [-0.2, 0) is 9.53 Å². The molecule has 3 aliphatic rings. The molecular weight excluding hydrogens is 332 g/mol. The average Bonchev–Trinajstić information content (AvgIpc) is 3.09. The van der Waals surface area contributed by atoms with E-state index in [2.05, 4.69) is 9.88 Å². The molecule has 3 aliphatic heterocycles. The van der Waals surface area contributed by atoms with Crippen LogP contribution in [0.1, 0.15) is 42.5 Å². The minimum atomic E-state index is -0.412. The zero-order valence-electron chi connectivity index (χ0n) is 15.0. The number of likely N-dealkylation sites (tertiary alicyclic amines) is 2. The summed E-state index contributed by atoms with van der Waals surface area (Å²) < 4.78 is 5.44. The van der Waals surface area contributed by atoms with Gasteiger partial charge in [-0.05, 0) is 44.2 Å². The maximum absolute atomic E-state index is 13.3. The average molecular weight is 358 g/mol. The molecule has 140 valence electrons. The Kier molecular flexibility index (Phi) is 4.56. The number of nitrogens with zero attached hydrogens (tertiary/aromatic N) is 3. The third kappa shape index (κ3) is 3.05. The number of rotatable bonds is 2. The molecular formula is C19H26N4O3. The number of carbonyl (C=O) groups is 2. The molecule has 1 atom stereocenters. The SMILES string of the molecule is Nc1cc(C(=O)N2CC[C@]3(CCCN(C4CCOCC4)C3=O)C2)ccn1. The van der Waals surface area contributed by atoms with E-state index in [-0.39, 0.29) is 17.9 Å². The smallest absolute Gasteiger partial charge is 0.254 e. The molecule has 0 aromatic carbocycles. The van der Waals surface area contributed by atoms with Crippen molar-refractivity contribution in [1.29, 1.82) is 0 Å². The van der Waals surface area contributed by atoms with E-state index in [0.717, 1.165) is 51.9 Å². The molecule has 2 amide bonds. The van der Waals surface area contributed by atoms with Gasteiger partial charge in [0.05, 0.1) is 5.41 Å². The van der Waals surface area contributed by atoms with Crippen LogP contribution in [0.15, 0.2) is 18.3 Å². The molecule has 3 fully saturated rings. The number of nitrogens with two attached hydrogens (primary N) is 1. The summed E-state index contributed by atoms with van der Waals surface area (Å²) in [5, 5.41) is 0. The van der Waals surface area contributed by atoms with Crippen molar-refractivity contribution in [3.8, 4) is 0 Å². The largest absolute Gasteiger partial charge is 0.384 e. The molecule has 1 spiro atoms. The van der Waals surface area contributed by atoms with Gasteiger partial charge >= 0.3 is 0 Å². The lowest BCUT2D eigenvalue weighted by atomic mass is 9.77. The van der Waals surface area contributed by atoms with Crippen LogP contribution in [0.25, 0.3) is 0 Å². The monoisotopic (exact) mass is 358 g/mol. The molecule has 0 radical (unpaired) electrons. The summed E-state index contributed by atoms with van der Waals surface area (Å²) in [5.41, 5.74) is 5.83. The van der Waals surface area contributed by atoms with Crippen LogP contribution in [0, 0.1) is 5.41 Å². The summed E-state index contributed by atoms with van der Waals surface area (Å²) in [6.07, 6.45) is 6.01. The van der Waals surface area contributed by atoms with E-state index in [1.54, 1.807) is 23.2 Å². The summed E-state index contributed by atoms with van der Waals surface area (Å²) in [4.78, 5) is 34.0. The number of amides is 2. The van der Waals surface area contributed by atoms with Crippen LogP contribution in [-0.4, -0.2) is 65.5 Å². The van der Waals surface area contributed by atoms with Crippen molar-refractivity contribution in [3.05, 3.63) is 23.9 Å². The van der Waals surface area contributed by atoms with Gasteiger partial charge in [-0.3, -0.25) is 9.59 Å². The molecule has 0 unspecified atom stereocenters. The summed E-state index contributed by atoms with van der Waals surface area (Å²) in [6, 6.07) is 3.57. The lowest BCUT2D eigenvalue weighted by molar-refractivity contribution is -0.150. The summed E-state index contributed by atoms with van der Waals surface area (Å²) >= 11 is 0. The zero-order chi connectivity index (χ0) is 18.1. The first kappa shape index (κ1) is 17.3. The van der Waals surface area contributed by atoms with Crippen molar-refractivity contribution in [2.24, 2.45) is 5.41 Å². The molecule has 1 aromatic heterocycles. The van der Waals surface area contributed by atoms with Gasteiger partial charge in [0.25, 0.3) is 5.91 Å². The van der Waals surface area contributed by atoms with Crippen molar-refractivity contribution in [1.82, 2.24) is 14.8 Å². The van der Waals surface area contributed by atoms with E-state index in [1.807, 2.05) is 0 Å². The fraction of sp³-hybridized carbons (Fsp3) is 0.632. The predicted octanol–water partition coefficient (Wildman–Crippen LogP) is 1.30. The number of piperidine rings is 1. The number of aromatic nitrogens is 1. The number of hydrogen-bond donors (Lipinski definition) is 1. The highest BCUT2D eigenvalue weighted by atomic mass is 16.5. The minimum Gasteiger partial charge on any atom is -0.384 e. The van der Waals surface area contributed by atoms with Gasteiger partial charge < -0.3 is 20.3 Å². The second kappa shape index (κ2) is 6.87. The third-order valence-electron chi connectivity index (χ3n) is 6.07. The molecule has 0 bridgehead atoms. The Labute approximate surface area is 153 Å². The van der Waals surface area contributed by atoms with Crippen LogP contribution in [0.2, 0.25) is 0 Å². The molecule has 7 nitrogen and oxygen atoms in total. The number of pyridine rings is 1. The van der Waals surface area contributed by atoms with Crippen molar-refractivity contribution in [2.75, 3.05) is 38.6 Å². The first-order valence-electron chi connectivity index (χ1n) is 9.49. The number of ether oxygens (including phenoxy) is 1. The number of carbonyl (C=O) groups excluding carboxylic acids is 2. The topological polar surface area (TPSA) is 88.8 Å². The lowest BCUT2D eigenvalue weighted by Crippen LogP contribution is -2.55. The predicted molar refractivity (Wildman–Crippen MR) is 96.4 cm³/mol. The zero-order valence-corrected chi connectivity index (χ0v) is 15.0. The fourth-order valence-corrected chi connectivity index (χ4v) is 4.63. The van der Waals surface area contributed by atoms with Crippen molar-refractivity contribution in [3.63, 3.8) is 0 Å². The van der Waals surface area contributed by atoms with Gasteiger partial charge in [-0.15, -0.1) is 0 Å². The van der Waals surface area contributed by atoms with Crippen LogP contribution in [0.3, 0.4) is 0 Å². The van der Waals surface area contributed by atoms with E-state index >= 15 is 0 Å². The van der Waals surface area contributed by atoms with Gasteiger partial charge in [0, 0.05) is 50.7 Å². The lowest BCUT2D eigenvalue weighted by Gasteiger charge is -2.44. The summed E-state index contributed by atoms with van der Waals surface area (Å²) in [5.74, 6) is 0.511. The Bertz CT molecular complexity index is 704. The van der Waals surface area contributed by atoms with Gasteiger partial charge in [0.15, 0.2) is 0 Å². The van der Waals surface area contributed by atoms with Crippen LogP contribution in [0.4, 0.5) is 5.82 Å². The quantitative estimate of drug-likeness (QED) is 0.861. The van der Waals surface area contributed by atoms with Crippen molar-refractivity contribution in [2.45, 2.75) is 38.1 Å². The summed E-state index contributed by atoms with van der Waals surface area (Å²) in [6.45, 7) is 3.42. The maximum Gasteiger partial charge on any atom is 0.254 e. The highest BCUT2D eigenvalue weighted by Gasteiger charge is 2.50. The molecule has 0 saturated carbocycles. The second-order valence-corrected chi connectivity index (χ2v) is 7.67. The third-order valence-corrected chi connectivity index (χ3v) is 6.07. The van der Waals surface area contributed by atoms with Gasteiger partial charge in [-0.25, -0.2) is 4.98 Å².